The molecule has 10 heteroatoms. The van der Waals surface area contributed by atoms with E-state index in [1.54, 1.807) is 37.1 Å². The molecule has 1 saturated heterocycles. The Morgan fingerprint density at radius 3 is 2.57 bits per heavy atom. The number of hydrogen-bond donors (Lipinski definition) is 2. The zero-order valence-electron chi connectivity index (χ0n) is 21.8. The number of likely N-dealkylation sites (N-methyl/N-ethyl adjacent to an activating group) is 1. The molecule has 0 radical (unpaired) electrons. The third-order valence-corrected chi connectivity index (χ3v) is 6.70. The number of nitrogens with one attached hydrogen (secondary N) is 1. The topological polar surface area (TPSA) is 126 Å². The SMILES string of the molecule is CCC(NC(=O)N1C(=O)[C@H](Cc2cc(C)nc(N)c2)[C@H]1C(=O)N(C)c1ccn(C)n1)c1cccc(C)c1. The lowest BCUT2D eigenvalue weighted by atomic mass is 9.81. The van der Waals surface area contributed by atoms with Crippen molar-refractivity contribution in [2.45, 2.75) is 45.7 Å². The lowest BCUT2D eigenvalue weighted by Crippen LogP contribution is -2.70. The molecule has 3 heterocycles. The van der Waals surface area contributed by atoms with Crippen molar-refractivity contribution in [2.24, 2.45) is 13.0 Å². The molecule has 1 aliphatic heterocycles. The highest BCUT2D eigenvalue weighted by Crippen LogP contribution is 2.33. The Kier molecular flexibility index (Phi) is 7.28. The second kappa shape index (κ2) is 10.4. The number of carbonyl (C=O) groups is 3. The van der Waals surface area contributed by atoms with Crippen LogP contribution in [0.5, 0.6) is 0 Å². The molecule has 3 N–H and O–H groups in total. The average molecular weight is 504 g/mol. The van der Waals surface area contributed by atoms with Gasteiger partial charge in [-0.1, -0.05) is 36.8 Å². The number of pyridine rings is 1. The van der Waals surface area contributed by atoms with Crippen LogP contribution in [0.15, 0.2) is 48.7 Å². The highest BCUT2D eigenvalue weighted by molar-refractivity contribution is 6.12. The van der Waals surface area contributed by atoms with Gasteiger partial charge in [-0.25, -0.2) is 9.78 Å². The number of benzene rings is 1. The molecule has 0 saturated carbocycles. The van der Waals surface area contributed by atoms with Gasteiger partial charge in [0, 0.05) is 32.1 Å². The van der Waals surface area contributed by atoms with Crippen LogP contribution in [0.3, 0.4) is 0 Å². The normalized spacial score (nSPS) is 17.8. The second-order valence-corrected chi connectivity index (χ2v) is 9.57. The molecule has 0 spiro atoms. The monoisotopic (exact) mass is 503 g/mol. The Labute approximate surface area is 216 Å². The van der Waals surface area contributed by atoms with E-state index in [9.17, 15) is 14.4 Å². The van der Waals surface area contributed by atoms with Crippen LogP contribution in [-0.2, 0) is 23.1 Å². The summed E-state index contributed by atoms with van der Waals surface area (Å²) in [6.07, 6.45) is 2.61. The van der Waals surface area contributed by atoms with Crippen LogP contribution in [0.1, 0.15) is 41.8 Å². The Bertz CT molecular complexity index is 1310. The molecule has 1 fully saturated rings. The zero-order valence-corrected chi connectivity index (χ0v) is 21.8. The van der Waals surface area contributed by atoms with Gasteiger partial charge in [0.2, 0.25) is 5.91 Å². The van der Waals surface area contributed by atoms with Crippen LogP contribution in [0, 0.1) is 19.8 Å². The first kappa shape index (κ1) is 25.9. The van der Waals surface area contributed by atoms with E-state index in [4.69, 9.17) is 5.73 Å². The highest BCUT2D eigenvalue weighted by Gasteiger charge is 2.55. The smallest absolute Gasteiger partial charge is 0.325 e. The molecule has 0 bridgehead atoms. The highest BCUT2D eigenvalue weighted by atomic mass is 16.2. The number of amides is 4. The number of imide groups is 1. The van der Waals surface area contributed by atoms with Crippen LogP contribution >= 0.6 is 0 Å². The standard InChI is InChI=1S/C27H33N7O3/c1-6-21(19-9-7-8-16(2)12-19)30-27(37)34-24(26(36)33(5)23-10-11-32(4)31-23)20(25(34)35)14-18-13-17(3)29-22(28)15-18/h7-13,15,20-21,24H,6,14H2,1-5H3,(H2,28,29)(H,30,37)/t20-,21?,24+/m1/s1. The van der Waals surface area contributed by atoms with Gasteiger partial charge >= 0.3 is 6.03 Å². The number of β-lactam (4-membered cyclic amide) rings is 1. The molecule has 194 valence electrons. The van der Waals surface area contributed by atoms with Gasteiger partial charge in [0.25, 0.3) is 5.91 Å². The number of rotatable bonds is 7. The van der Waals surface area contributed by atoms with Gasteiger partial charge in [0.05, 0.1) is 12.0 Å². The van der Waals surface area contributed by atoms with Crippen molar-refractivity contribution in [3.05, 3.63) is 71.0 Å². The third kappa shape index (κ3) is 5.32. The molecule has 37 heavy (non-hydrogen) atoms. The van der Waals surface area contributed by atoms with Gasteiger partial charge in [-0.3, -0.25) is 24.1 Å². The molecule has 10 nitrogen and oxygen atoms in total. The van der Waals surface area contributed by atoms with E-state index in [1.807, 2.05) is 51.1 Å². The number of carbonyl (C=O) groups excluding carboxylic acids is 3. The molecule has 3 atom stereocenters. The largest absolute Gasteiger partial charge is 0.384 e. The predicted molar refractivity (Wildman–Crippen MR) is 141 cm³/mol. The van der Waals surface area contributed by atoms with Crippen LogP contribution < -0.4 is 16.0 Å². The summed E-state index contributed by atoms with van der Waals surface area (Å²) in [5.74, 6) is -0.738. The minimum Gasteiger partial charge on any atom is -0.384 e. The number of anilines is 2. The van der Waals surface area contributed by atoms with Gasteiger partial charge < -0.3 is 11.1 Å². The summed E-state index contributed by atoms with van der Waals surface area (Å²) >= 11 is 0. The van der Waals surface area contributed by atoms with Gasteiger partial charge in [-0.2, -0.15) is 5.10 Å². The Hall–Kier alpha value is -4.21. The zero-order chi connectivity index (χ0) is 26.9. The molecule has 4 amide bonds. The molecule has 4 rings (SSSR count). The van der Waals surface area contributed by atoms with E-state index >= 15 is 0 Å². The Morgan fingerprint density at radius 2 is 1.95 bits per heavy atom. The quantitative estimate of drug-likeness (QED) is 0.478. The van der Waals surface area contributed by atoms with Crippen LogP contribution in [0.2, 0.25) is 0 Å². The van der Waals surface area contributed by atoms with E-state index < -0.39 is 23.9 Å². The second-order valence-electron chi connectivity index (χ2n) is 9.57. The first-order valence-electron chi connectivity index (χ1n) is 12.3. The third-order valence-electron chi connectivity index (χ3n) is 6.70. The number of nitrogens with two attached hydrogens (primary N) is 1. The van der Waals surface area contributed by atoms with Crippen molar-refractivity contribution in [2.75, 3.05) is 17.7 Å². The van der Waals surface area contributed by atoms with E-state index in [-0.39, 0.29) is 18.4 Å². The summed E-state index contributed by atoms with van der Waals surface area (Å²) in [7, 11) is 3.35. The number of likely N-dealkylation sites (tertiary alicyclic amines) is 1. The molecule has 1 aromatic carbocycles. The van der Waals surface area contributed by atoms with Crippen LogP contribution in [-0.4, -0.2) is 50.6 Å². The first-order valence-corrected chi connectivity index (χ1v) is 12.3. The minimum atomic E-state index is -0.982. The van der Waals surface area contributed by atoms with Crippen molar-refractivity contribution >= 4 is 29.5 Å². The lowest BCUT2D eigenvalue weighted by molar-refractivity contribution is -0.156. The number of hydrogen-bond acceptors (Lipinski definition) is 6. The van der Waals surface area contributed by atoms with Crippen molar-refractivity contribution in [1.29, 1.82) is 0 Å². The number of nitrogen functional groups attached to an aromatic ring is 1. The van der Waals surface area contributed by atoms with E-state index in [1.165, 1.54) is 4.90 Å². The number of urea groups is 1. The number of aromatic nitrogens is 3. The fraction of sp³-hybridized carbons (Fsp3) is 0.370. The molecule has 1 aliphatic rings. The number of aryl methyl sites for hydroxylation is 3. The van der Waals surface area contributed by atoms with Crippen molar-refractivity contribution < 1.29 is 14.4 Å². The molecular weight excluding hydrogens is 470 g/mol. The molecule has 2 aromatic heterocycles. The summed E-state index contributed by atoms with van der Waals surface area (Å²) in [6.45, 7) is 5.76. The molecule has 0 aliphatic carbocycles. The van der Waals surface area contributed by atoms with Crippen molar-refractivity contribution in [1.82, 2.24) is 25.0 Å². The fourth-order valence-corrected chi connectivity index (χ4v) is 4.82. The summed E-state index contributed by atoms with van der Waals surface area (Å²) in [4.78, 5) is 47.0. The number of nitrogens with zero attached hydrogens (tertiary/aromatic N) is 5. The maximum atomic E-state index is 13.7. The van der Waals surface area contributed by atoms with Gasteiger partial charge in [0.15, 0.2) is 5.82 Å². The fourth-order valence-electron chi connectivity index (χ4n) is 4.82. The van der Waals surface area contributed by atoms with E-state index in [0.29, 0.717) is 23.8 Å². The molecule has 3 aromatic rings. The predicted octanol–water partition coefficient (Wildman–Crippen LogP) is 2.91. The lowest BCUT2D eigenvalue weighted by Gasteiger charge is -2.45. The summed E-state index contributed by atoms with van der Waals surface area (Å²) in [6, 6.07) is 11.2. The van der Waals surface area contributed by atoms with Gasteiger partial charge in [-0.05, 0) is 49.9 Å². The van der Waals surface area contributed by atoms with Crippen molar-refractivity contribution in [3.63, 3.8) is 0 Å². The van der Waals surface area contributed by atoms with E-state index in [0.717, 1.165) is 21.6 Å². The van der Waals surface area contributed by atoms with Gasteiger partial charge in [0.1, 0.15) is 11.9 Å². The first-order chi connectivity index (χ1) is 17.6. The van der Waals surface area contributed by atoms with Crippen molar-refractivity contribution in [3.8, 4) is 0 Å². The maximum absolute atomic E-state index is 13.7. The van der Waals surface area contributed by atoms with E-state index in [2.05, 4.69) is 15.4 Å². The maximum Gasteiger partial charge on any atom is 0.325 e. The summed E-state index contributed by atoms with van der Waals surface area (Å²) < 4.78 is 1.59. The summed E-state index contributed by atoms with van der Waals surface area (Å²) in [5, 5.41) is 7.25. The average Bonchev–Trinajstić information content (AvgIpc) is 3.28. The molecular formula is C27H33N7O3. The molecule has 1 unspecified atom stereocenters. The van der Waals surface area contributed by atoms with Crippen LogP contribution in [0.4, 0.5) is 16.4 Å². The Morgan fingerprint density at radius 1 is 1.19 bits per heavy atom. The van der Waals surface area contributed by atoms with Crippen LogP contribution in [0.25, 0.3) is 0 Å². The minimum absolute atomic E-state index is 0.262. The summed E-state index contributed by atoms with van der Waals surface area (Å²) in [5.41, 5.74) is 9.42. The Balaban J connectivity index is 1.61. The van der Waals surface area contributed by atoms with Gasteiger partial charge in [-0.15, -0.1) is 0 Å².